The fourth-order valence-electron chi connectivity index (χ4n) is 2.65. The van der Waals surface area contributed by atoms with Crippen LogP contribution < -0.4 is 19.5 Å². The zero-order chi connectivity index (χ0) is 20.7. The number of likely N-dealkylation sites (tertiary alicyclic amines) is 1. The minimum atomic E-state index is -0.805. The molecule has 3 amide bonds. The summed E-state index contributed by atoms with van der Waals surface area (Å²) in [7, 11) is 4.27. The van der Waals surface area contributed by atoms with Gasteiger partial charge < -0.3 is 24.3 Å². The van der Waals surface area contributed by atoms with Gasteiger partial charge in [0, 0.05) is 18.5 Å². The summed E-state index contributed by atoms with van der Waals surface area (Å²) in [5, 5.41) is 2.38. The number of rotatable bonds is 8. The molecular formula is C18H22N2O8. The number of nitrogens with one attached hydrogen (secondary N) is 1. The van der Waals surface area contributed by atoms with Gasteiger partial charge in [0.1, 0.15) is 6.54 Å². The highest BCUT2D eigenvalue weighted by atomic mass is 16.5. The van der Waals surface area contributed by atoms with Gasteiger partial charge in [0.15, 0.2) is 18.1 Å². The minimum Gasteiger partial charge on any atom is -0.493 e. The summed E-state index contributed by atoms with van der Waals surface area (Å²) in [5.74, 6) is -1.33. The first-order valence-corrected chi connectivity index (χ1v) is 8.48. The van der Waals surface area contributed by atoms with Gasteiger partial charge in [-0.05, 0) is 18.6 Å². The van der Waals surface area contributed by atoms with Crippen molar-refractivity contribution in [3.8, 4) is 17.2 Å². The monoisotopic (exact) mass is 394 g/mol. The molecule has 2 rings (SSSR count). The van der Waals surface area contributed by atoms with Crippen molar-refractivity contribution in [2.75, 3.05) is 41.0 Å². The Labute approximate surface area is 161 Å². The fourth-order valence-corrected chi connectivity index (χ4v) is 2.65. The molecule has 0 spiro atoms. The van der Waals surface area contributed by atoms with Crippen LogP contribution in [0.1, 0.15) is 23.2 Å². The van der Waals surface area contributed by atoms with Gasteiger partial charge >= 0.3 is 5.97 Å². The van der Waals surface area contributed by atoms with Gasteiger partial charge in [-0.2, -0.15) is 0 Å². The van der Waals surface area contributed by atoms with Crippen LogP contribution in [0.4, 0.5) is 0 Å². The Morgan fingerprint density at radius 3 is 2.21 bits per heavy atom. The number of esters is 1. The number of nitrogens with zero attached hydrogens (tertiary/aromatic N) is 1. The number of methoxy groups -OCH3 is 3. The van der Waals surface area contributed by atoms with Crippen molar-refractivity contribution in [2.45, 2.75) is 12.8 Å². The first-order valence-electron chi connectivity index (χ1n) is 8.48. The highest BCUT2D eigenvalue weighted by Crippen LogP contribution is 2.38. The van der Waals surface area contributed by atoms with Crippen LogP contribution in [0.15, 0.2) is 12.1 Å². The molecule has 1 aromatic carbocycles. The van der Waals surface area contributed by atoms with Crippen molar-refractivity contribution < 1.29 is 38.1 Å². The van der Waals surface area contributed by atoms with E-state index in [0.717, 1.165) is 4.90 Å². The summed E-state index contributed by atoms with van der Waals surface area (Å²) in [6, 6.07) is 2.87. The zero-order valence-corrected chi connectivity index (χ0v) is 15.9. The van der Waals surface area contributed by atoms with Gasteiger partial charge in [-0.15, -0.1) is 0 Å². The van der Waals surface area contributed by atoms with Crippen LogP contribution in [0.5, 0.6) is 17.2 Å². The van der Waals surface area contributed by atoms with Crippen molar-refractivity contribution in [2.24, 2.45) is 0 Å². The Kier molecular flexibility index (Phi) is 7.19. The van der Waals surface area contributed by atoms with E-state index in [9.17, 15) is 19.2 Å². The fraction of sp³-hybridized carbons (Fsp3) is 0.444. The molecule has 1 fully saturated rings. The Morgan fingerprint density at radius 2 is 1.71 bits per heavy atom. The zero-order valence-electron chi connectivity index (χ0n) is 15.9. The molecule has 0 aliphatic carbocycles. The van der Waals surface area contributed by atoms with Crippen molar-refractivity contribution in [3.05, 3.63) is 17.7 Å². The van der Waals surface area contributed by atoms with Gasteiger partial charge in [-0.3, -0.25) is 24.1 Å². The van der Waals surface area contributed by atoms with Gasteiger partial charge in [-0.1, -0.05) is 0 Å². The third-order valence-electron chi connectivity index (χ3n) is 4.05. The topological polar surface area (TPSA) is 120 Å². The molecule has 28 heavy (non-hydrogen) atoms. The molecule has 10 heteroatoms. The van der Waals surface area contributed by atoms with E-state index in [-0.39, 0.29) is 23.0 Å². The van der Waals surface area contributed by atoms with Crippen LogP contribution in [-0.4, -0.2) is 69.6 Å². The quantitative estimate of drug-likeness (QED) is 0.618. The summed E-state index contributed by atoms with van der Waals surface area (Å²) in [6.07, 6.45) is 0.911. The third-order valence-corrected chi connectivity index (χ3v) is 4.05. The molecule has 1 saturated heterocycles. The summed E-state index contributed by atoms with van der Waals surface area (Å²) in [5.41, 5.74) is 0.182. The number of ether oxygens (including phenoxy) is 4. The summed E-state index contributed by atoms with van der Waals surface area (Å²) >= 11 is 0. The highest BCUT2D eigenvalue weighted by molar-refractivity contribution is 5.99. The van der Waals surface area contributed by atoms with Crippen LogP contribution in [0.2, 0.25) is 0 Å². The molecule has 0 saturated carbocycles. The summed E-state index contributed by atoms with van der Waals surface area (Å²) in [6.45, 7) is -0.672. The van der Waals surface area contributed by atoms with Crippen LogP contribution in [-0.2, 0) is 19.1 Å². The largest absolute Gasteiger partial charge is 0.493 e. The number of imide groups is 1. The van der Waals surface area contributed by atoms with Crippen molar-refractivity contribution in [3.63, 3.8) is 0 Å². The number of benzene rings is 1. The first kappa shape index (κ1) is 21.0. The number of carbonyl (C=O) groups is 4. The van der Waals surface area contributed by atoms with Crippen LogP contribution in [0, 0.1) is 0 Å². The minimum absolute atomic E-state index is 0.182. The molecule has 1 aliphatic rings. The Morgan fingerprint density at radius 1 is 1.07 bits per heavy atom. The molecule has 10 nitrogen and oxygen atoms in total. The molecule has 0 aromatic heterocycles. The predicted octanol–water partition coefficient (Wildman–Crippen LogP) is 0.134. The van der Waals surface area contributed by atoms with Gasteiger partial charge in [0.25, 0.3) is 11.8 Å². The number of hydrogen-bond acceptors (Lipinski definition) is 8. The molecule has 0 atom stereocenters. The standard InChI is InChI=1S/C18H22N2O8/c1-25-12-7-11(8-13(26-2)17(12)27-3)18(24)19-9-16(23)28-10-15(22)20-6-4-5-14(20)21/h7-8H,4-6,9-10H2,1-3H3,(H,19,24). The maximum Gasteiger partial charge on any atom is 0.325 e. The highest BCUT2D eigenvalue weighted by Gasteiger charge is 2.27. The predicted molar refractivity (Wildman–Crippen MR) is 95.3 cm³/mol. The third kappa shape index (κ3) is 4.90. The van der Waals surface area contributed by atoms with Crippen LogP contribution in [0.3, 0.4) is 0 Å². The SMILES string of the molecule is COc1cc(C(=O)NCC(=O)OCC(=O)N2CCCC2=O)cc(OC)c1OC. The second kappa shape index (κ2) is 9.58. The number of amides is 3. The Hall–Kier alpha value is -3.30. The lowest BCUT2D eigenvalue weighted by Crippen LogP contribution is -2.37. The molecule has 1 heterocycles. The second-order valence-corrected chi connectivity index (χ2v) is 5.80. The molecule has 1 aliphatic heterocycles. The molecule has 0 radical (unpaired) electrons. The van der Waals surface area contributed by atoms with E-state index in [1.807, 2.05) is 0 Å². The maximum absolute atomic E-state index is 12.3. The van der Waals surface area contributed by atoms with Gasteiger partial charge in [-0.25, -0.2) is 0 Å². The van der Waals surface area contributed by atoms with E-state index in [1.54, 1.807) is 0 Å². The number of hydrogen-bond donors (Lipinski definition) is 1. The van der Waals surface area contributed by atoms with E-state index in [1.165, 1.54) is 33.5 Å². The Balaban J connectivity index is 1.90. The molecule has 1 aromatic rings. The van der Waals surface area contributed by atoms with Crippen LogP contribution >= 0.6 is 0 Å². The first-order chi connectivity index (χ1) is 13.4. The molecular weight excluding hydrogens is 372 g/mol. The van der Waals surface area contributed by atoms with Crippen LogP contribution in [0.25, 0.3) is 0 Å². The maximum atomic E-state index is 12.3. The Bertz CT molecular complexity index is 752. The van der Waals surface area contributed by atoms with Crippen molar-refractivity contribution >= 4 is 23.7 Å². The van der Waals surface area contributed by atoms with Crippen molar-refractivity contribution in [1.82, 2.24) is 10.2 Å². The molecule has 152 valence electrons. The van der Waals surface area contributed by atoms with E-state index >= 15 is 0 Å². The summed E-state index contributed by atoms with van der Waals surface area (Å²) < 4.78 is 20.3. The van der Waals surface area contributed by atoms with E-state index in [4.69, 9.17) is 18.9 Å². The second-order valence-electron chi connectivity index (χ2n) is 5.80. The van der Waals surface area contributed by atoms with Gasteiger partial charge in [0.05, 0.1) is 21.3 Å². The van der Waals surface area contributed by atoms with E-state index in [2.05, 4.69) is 5.32 Å². The number of carbonyl (C=O) groups excluding carboxylic acids is 4. The van der Waals surface area contributed by atoms with E-state index < -0.39 is 30.9 Å². The summed E-state index contributed by atoms with van der Waals surface area (Å²) in [4.78, 5) is 48.4. The average molecular weight is 394 g/mol. The molecule has 1 N–H and O–H groups in total. The smallest absolute Gasteiger partial charge is 0.325 e. The average Bonchev–Trinajstić information content (AvgIpc) is 3.14. The molecule has 0 bridgehead atoms. The van der Waals surface area contributed by atoms with Gasteiger partial charge in [0.2, 0.25) is 11.7 Å². The lowest BCUT2D eigenvalue weighted by Gasteiger charge is -2.14. The molecule has 0 unspecified atom stereocenters. The van der Waals surface area contributed by atoms with Crippen molar-refractivity contribution in [1.29, 1.82) is 0 Å². The van der Waals surface area contributed by atoms with E-state index in [0.29, 0.717) is 25.1 Å². The lowest BCUT2D eigenvalue weighted by atomic mass is 10.1. The normalized spacial score (nSPS) is 13.1. The lowest BCUT2D eigenvalue weighted by molar-refractivity contribution is -0.154.